The van der Waals surface area contributed by atoms with Gasteiger partial charge in [-0.3, -0.25) is 0 Å². The zero-order valence-electron chi connectivity index (χ0n) is 11.6. The number of alkyl halides is 1. The Morgan fingerprint density at radius 1 is 1.35 bits per heavy atom. The molecule has 0 atom stereocenters. The van der Waals surface area contributed by atoms with Crippen molar-refractivity contribution in [1.29, 1.82) is 0 Å². The number of ether oxygens (including phenoxy) is 1. The van der Waals surface area contributed by atoms with Gasteiger partial charge in [0.25, 0.3) is 0 Å². The molecule has 0 N–H and O–H groups in total. The first-order valence-corrected chi connectivity index (χ1v) is 8.23. The molecule has 6 heteroatoms. The summed E-state index contributed by atoms with van der Waals surface area (Å²) in [5.74, 6) is 1.26. The van der Waals surface area contributed by atoms with Crippen LogP contribution < -0.4 is 0 Å². The first-order valence-electron chi connectivity index (χ1n) is 6.90. The van der Waals surface area contributed by atoms with E-state index in [1.165, 1.54) is 6.42 Å². The van der Waals surface area contributed by atoms with Gasteiger partial charge in [-0.2, -0.15) is 0 Å². The minimum Gasteiger partial charge on any atom is -0.381 e. The van der Waals surface area contributed by atoms with Crippen LogP contribution in [0.1, 0.15) is 32.0 Å². The maximum atomic E-state index is 5.97. The van der Waals surface area contributed by atoms with E-state index in [9.17, 15) is 0 Å². The fourth-order valence-electron chi connectivity index (χ4n) is 2.04. The van der Waals surface area contributed by atoms with Crippen molar-refractivity contribution < 1.29 is 4.74 Å². The fraction of sp³-hybridized carbons (Fsp3) is 0.571. The van der Waals surface area contributed by atoms with E-state index in [2.05, 4.69) is 37.4 Å². The summed E-state index contributed by atoms with van der Waals surface area (Å²) in [7, 11) is 0. The Bertz CT molecular complexity index is 559. The SMILES string of the molecule is CCCCOCCCn1c(CCl)nc2cc(Br)cnc21. The first kappa shape index (κ1) is 15.7. The average Bonchev–Trinajstić information content (AvgIpc) is 2.79. The number of unbranched alkanes of at least 4 members (excludes halogenated alkanes) is 1. The van der Waals surface area contributed by atoms with Crippen LogP contribution in [-0.2, 0) is 17.2 Å². The van der Waals surface area contributed by atoms with E-state index < -0.39 is 0 Å². The second-order valence-electron chi connectivity index (χ2n) is 4.63. The molecule has 0 saturated carbocycles. The first-order chi connectivity index (χ1) is 9.76. The third-order valence-corrected chi connectivity index (χ3v) is 3.74. The number of nitrogens with zero attached hydrogens (tertiary/aromatic N) is 3. The number of halogens is 2. The number of fused-ring (bicyclic) bond motifs is 1. The molecule has 2 aromatic rings. The Labute approximate surface area is 132 Å². The number of hydrogen-bond donors (Lipinski definition) is 0. The maximum absolute atomic E-state index is 5.97. The summed E-state index contributed by atoms with van der Waals surface area (Å²) in [5.41, 5.74) is 1.76. The zero-order valence-corrected chi connectivity index (χ0v) is 14.0. The summed E-state index contributed by atoms with van der Waals surface area (Å²) < 4.78 is 8.59. The molecule has 0 saturated heterocycles. The number of pyridine rings is 1. The van der Waals surface area contributed by atoms with Crippen LogP contribution >= 0.6 is 27.5 Å². The highest BCUT2D eigenvalue weighted by Crippen LogP contribution is 2.19. The van der Waals surface area contributed by atoms with E-state index in [0.717, 1.165) is 54.1 Å². The van der Waals surface area contributed by atoms with E-state index in [1.807, 2.05) is 6.07 Å². The lowest BCUT2D eigenvalue weighted by Crippen LogP contribution is -2.07. The van der Waals surface area contributed by atoms with E-state index in [-0.39, 0.29) is 0 Å². The van der Waals surface area contributed by atoms with Crippen molar-refractivity contribution >= 4 is 38.7 Å². The van der Waals surface area contributed by atoms with Gasteiger partial charge in [0, 0.05) is 30.4 Å². The molecule has 0 aliphatic heterocycles. The third kappa shape index (κ3) is 3.93. The predicted molar refractivity (Wildman–Crippen MR) is 85.1 cm³/mol. The maximum Gasteiger partial charge on any atom is 0.160 e. The van der Waals surface area contributed by atoms with Crippen molar-refractivity contribution in [2.24, 2.45) is 0 Å². The molecule has 2 heterocycles. The van der Waals surface area contributed by atoms with Gasteiger partial charge in [0.05, 0.1) is 5.88 Å². The molecule has 20 heavy (non-hydrogen) atoms. The molecular formula is C14H19BrClN3O. The molecule has 0 aliphatic rings. The topological polar surface area (TPSA) is 39.9 Å². The lowest BCUT2D eigenvalue weighted by Gasteiger charge is -2.07. The quantitative estimate of drug-likeness (QED) is 0.525. The monoisotopic (exact) mass is 359 g/mol. The largest absolute Gasteiger partial charge is 0.381 e. The van der Waals surface area contributed by atoms with Gasteiger partial charge >= 0.3 is 0 Å². The smallest absolute Gasteiger partial charge is 0.160 e. The molecule has 0 bridgehead atoms. The standard InChI is InChI=1S/C14H19BrClN3O/c1-2-3-6-20-7-4-5-19-13(9-16)18-12-8-11(15)10-17-14(12)19/h8,10H,2-7,9H2,1H3. The highest BCUT2D eigenvalue weighted by Gasteiger charge is 2.11. The van der Waals surface area contributed by atoms with Crippen molar-refractivity contribution in [3.63, 3.8) is 0 Å². The average molecular weight is 361 g/mol. The molecule has 0 unspecified atom stereocenters. The lowest BCUT2D eigenvalue weighted by atomic mass is 10.3. The minimum atomic E-state index is 0.394. The van der Waals surface area contributed by atoms with Crippen LogP contribution in [0.4, 0.5) is 0 Å². The lowest BCUT2D eigenvalue weighted by molar-refractivity contribution is 0.126. The van der Waals surface area contributed by atoms with Crippen LogP contribution in [0.3, 0.4) is 0 Å². The van der Waals surface area contributed by atoms with Gasteiger partial charge in [0.15, 0.2) is 5.65 Å². The van der Waals surface area contributed by atoms with Crippen LogP contribution in [-0.4, -0.2) is 27.7 Å². The Kier molecular flexibility index (Phi) is 6.26. The number of rotatable bonds is 8. The molecule has 0 radical (unpaired) electrons. The van der Waals surface area contributed by atoms with E-state index in [4.69, 9.17) is 16.3 Å². The molecule has 0 aromatic carbocycles. The van der Waals surface area contributed by atoms with Crippen LogP contribution in [0.25, 0.3) is 11.2 Å². The van der Waals surface area contributed by atoms with Crippen molar-refractivity contribution in [2.75, 3.05) is 13.2 Å². The van der Waals surface area contributed by atoms with Gasteiger partial charge in [-0.15, -0.1) is 11.6 Å². The van der Waals surface area contributed by atoms with Crippen molar-refractivity contribution in [2.45, 2.75) is 38.6 Å². The van der Waals surface area contributed by atoms with Gasteiger partial charge < -0.3 is 9.30 Å². The number of aryl methyl sites for hydroxylation is 1. The zero-order chi connectivity index (χ0) is 14.4. The molecule has 4 nitrogen and oxygen atoms in total. The highest BCUT2D eigenvalue weighted by molar-refractivity contribution is 9.10. The molecule has 110 valence electrons. The van der Waals surface area contributed by atoms with Crippen LogP contribution in [0.15, 0.2) is 16.7 Å². The van der Waals surface area contributed by atoms with Crippen LogP contribution in [0, 0.1) is 0 Å². The van der Waals surface area contributed by atoms with Gasteiger partial charge in [-0.1, -0.05) is 13.3 Å². The summed E-state index contributed by atoms with van der Waals surface area (Å²) >= 11 is 9.38. The summed E-state index contributed by atoms with van der Waals surface area (Å²) in [4.78, 5) is 8.95. The van der Waals surface area contributed by atoms with Crippen molar-refractivity contribution in [1.82, 2.24) is 14.5 Å². The van der Waals surface area contributed by atoms with Gasteiger partial charge in [-0.05, 0) is 34.8 Å². The van der Waals surface area contributed by atoms with E-state index in [0.29, 0.717) is 5.88 Å². The molecular weight excluding hydrogens is 342 g/mol. The molecule has 0 amide bonds. The molecule has 0 spiro atoms. The Hall–Kier alpha value is -0.650. The predicted octanol–water partition coefficient (Wildman–Crippen LogP) is 4.14. The molecule has 2 rings (SSSR count). The summed E-state index contributed by atoms with van der Waals surface area (Å²) in [6, 6.07) is 1.96. The van der Waals surface area contributed by atoms with Crippen LogP contribution in [0.2, 0.25) is 0 Å². The highest BCUT2D eigenvalue weighted by atomic mass is 79.9. The second kappa shape index (κ2) is 7.96. The Morgan fingerprint density at radius 2 is 2.15 bits per heavy atom. The summed E-state index contributed by atoms with van der Waals surface area (Å²) in [6.07, 6.45) is 5.02. The number of imidazole rings is 1. The van der Waals surface area contributed by atoms with Gasteiger partial charge in [-0.25, -0.2) is 9.97 Å². The van der Waals surface area contributed by atoms with E-state index in [1.54, 1.807) is 6.20 Å². The fourth-order valence-corrected chi connectivity index (χ4v) is 2.57. The third-order valence-electron chi connectivity index (χ3n) is 3.06. The minimum absolute atomic E-state index is 0.394. The van der Waals surface area contributed by atoms with Crippen LogP contribution in [0.5, 0.6) is 0 Å². The number of aromatic nitrogens is 3. The molecule has 2 aromatic heterocycles. The van der Waals surface area contributed by atoms with Gasteiger partial charge in [0.1, 0.15) is 11.3 Å². The van der Waals surface area contributed by atoms with Crippen molar-refractivity contribution in [3.8, 4) is 0 Å². The molecule has 0 aliphatic carbocycles. The Morgan fingerprint density at radius 3 is 2.90 bits per heavy atom. The van der Waals surface area contributed by atoms with Gasteiger partial charge in [0.2, 0.25) is 0 Å². The van der Waals surface area contributed by atoms with E-state index >= 15 is 0 Å². The normalized spacial score (nSPS) is 11.3. The summed E-state index contributed by atoms with van der Waals surface area (Å²) in [5, 5.41) is 0. The summed E-state index contributed by atoms with van der Waals surface area (Å²) in [6.45, 7) is 4.60. The van der Waals surface area contributed by atoms with Crippen molar-refractivity contribution in [3.05, 3.63) is 22.6 Å². The molecule has 0 fully saturated rings. The second-order valence-corrected chi connectivity index (χ2v) is 5.81. The number of hydrogen-bond acceptors (Lipinski definition) is 3. The Balaban J connectivity index is 2.01.